The zero-order chi connectivity index (χ0) is 13.6. The molecule has 100 valence electrons. The van der Waals surface area contributed by atoms with Crippen molar-refractivity contribution >= 4 is 12.9 Å². The van der Waals surface area contributed by atoms with E-state index in [0.717, 1.165) is 0 Å². The maximum Gasteiger partial charge on any atom is 0.358 e. The van der Waals surface area contributed by atoms with E-state index < -0.39 is 7.60 Å². The maximum atomic E-state index is 11.9. The number of hydrogen-bond acceptors (Lipinski definition) is 3. The highest BCUT2D eigenvalue weighted by Gasteiger charge is 2.21. The van der Waals surface area contributed by atoms with Crippen molar-refractivity contribution < 1.29 is 18.7 Å². The number of hydrogen-bond donors (Lipinski definition) is 1. The van der Waals surface area contributed by atoms with Crippen LogP contribution in [0.3, 0.4) is 0 Å². The average molecular weight is 278 g/mol. The molecule has 0 bridgehead atoms. The van der Waals surface area contributed by atoms with Gasteiger partial charge in [-0.1, -0.05) is 36.4 Å². The van der Waals surface area contributed by atoms with Gasteiger partial charge in [0.2, 0.25) is 0 Å². The zero-order valence-electron chi connectivity index (χ0n) is 10.3. The molecule has 0 aliphatic carbocycles. The summed E-state index contributed by atoms with van der Waals surface area (Å²) in [6.07, 6.45) is 0. The van der Waals surface area contributed by atoms with Crippen LogP contribution in [0.2, 0.25) is 0 Å². The summed E-state index contributed by atoms with van der Waals surface area (Å²) >= 11 is 0. The van der Waals surface area contributed by atoms with Crippen molar-refractivity contribution in [3.05, 3.63) is 60.7 Å². The van der Waals surface area contributed by atoms with E-state index in [2.05, 4.69) is 0 Å². The smallest absolute Gasteiger partial charge is 0.358 e. The Labute approximate surface area is 112 Å². The lowest BCUT2D eigenvalue weighted by molar-refractivity contribution is 0.201. The molecule has 0 aromatic heterocycles. The van der Waals surface area contributed by atoms with Gasteiger partial charge in [-0.25, -0.2) is 0 Å². The van der Waals surface area contributed by atoms with Gasteiger partial charge < -0.3 is 14.2 Å². The van der Waals surface area contributed by atoms with E-state index in [1.54, 1.807) is 30.3 Å². The molecule has 0 saturated heterocycles. The third-order valence-corrected chi connectivity index (χ3v) is 3.93. The highest BCUT2D eigenvalue weighted by molar-refractivity contribution is 7.61. The Morgan fingerprint density at radius 3 is 2.11 bits per heavy atom. The maximum absolute atomic E-state index is 11.9. The first kappa shape index (κ1) is 13.8. The normalized spacial score (nSPS) is 13.7. The molecule has 5 heteroatoms. The summed E-state index contributed by atoms with van der Waals surface area (Å²) in [5, 5.41) is 0.287. The van der Waals surface area contributed by atoms with Gasteiger partial charge >= 0.3 is 7.60 Å². The van der Waals surface area contributed by atoms with Crippen LogP contribution in [0, 0.1) is 0 Å². The summed E-state index contributed by atoms with van der Waals surface area (Å²) in [6.45, 7) is 0.277. The van der Waals surface area contributed by atoms with Crippen LogP contribution < -0.4 is 10.0 Å². The van der Waals surface area contributed by atoms with Crippen LogP contribution in [0.4, 0.5) is 0 Å². The van der Waals surface area contributed by atoms with E-state index in [1.165, 1.54) is 0 Å². The Kier molecular flexibility index (Phi) is 4.74. The molecule has 0 amide bonds. The molecule has 0 radical (unpaired) electrons. The average Bonchev–Trinajstić information content (AvgIpc) is 2.46. The van der Waals surface area contributed by atoms with E-state index in [4.69, 9.17) is 9.26 Å². The van der Waals surface area contributed by atoms with Crippen LogP contribution in [0.5, 0.6) is 5.75 Å². The highest BCUT2D eigenvalue weighted by Crippen LogP contribution is 2.40. The first-order chi connectivity index (χ1) is 9.18. The first-order valence-electron chi connectivity index (χ1n) is 5.89. The molecule has 0 spiro atoms. The molecule has 1 N–H and O–H groups in total. The lowest BCUT2D eigenvalue weighted by Gasteiger charge is -2.12. The van der Waals surface area contributed by atoms with Crippen molar-refractivity contribution in [2.45, 2.75) is 0 Å². The van der Waals surface area contributed by atoms with Crippen molar-refractivity contribution in [2.24, 2.45) is 0 Å². The number of para-hydroxylation sites is 1. The Bertz CT molecular complexity index is 542. The second-order valence-electron chi connectivity index (χ2n) is 3.85. The molecular formula is C14H15O4P. The van der Waals surface area contributed by atoms with Crippen molar-refractivity contribution in [3.8, 4) is 5.75 Å². The highest BCUT2D eigenvalue weighted by atomic mass is 31.2. The van der Waals surface area contributed by atoms with Gasteiger partial charge in [-0.05, 0) is 24.3 Å². The van der Waals surface area contributed by atoms with E-state index in [1.807, 2.05) is 30.3 Å². The molecule has 0 fully saturated rings. The van der Waals surface area contributed by atoms with Gasteiger partial charge in [-0.2, -0.15) is 0 Å². The Morgan fingerprint density at radius 2 is 1.47 bits per heavy atom. The molecule has 1 atom stereocenters. The van der Waals surface area contributed by atoms with Gasteiger partial charge in [0.25, 0.3) is 0 Å². The van der Waals surface area contributed by atoms with E-state index in [0.29, 0.717) is 5.75 Å². The SMILES string of the molecule is O=P(O)(OCCOc1ccccc1)c1ccccc1. The molecule has 0 aliphatic heterocycles. The molecule has 0 aliphatic rings. The van der Waals surface area contributed by atoms with Gasteiger partial charge in [0, 0.05) is 0 Å². The zero-order valence-corrected chi connectivity index (χ0v) is 11.2. The minimum Gasteiger partial charge on any atom is -0.491 e. The Hall–Kier alpha value is -1.61. The molecule has 19 heavy (non-hydrogen) atoms. The molecule has 0 heterocycles. The minimum atomic E-state index is -3.75. The van der Waals surface area contributed by atoms with Gasteiger partial charge in [0.15, 0.2) is 0 Å². The predicted molar refractivity (Wildman–Crippen MR) is 73.8 cm³/mol. The molecule has 2 aromatic rings. The van der Waals surface area contributed by atoms with Crippen LogP contribution in [0.1, 0.15) is 0 Å². The Balaban J connectivity index is 1.81. The Morgan fingerprint density at radius 1 is 0.895 bits per heavy atom. The topological polar surface area (TPSA) is 55.8 Å². The molecule has 4 nitrogen and oxygen atoms in total. The summed E-state index contributed by atoms with van der Waals surface area (Å²) in [7, 11) is -3.75. The van der Waals surface area contributed by atoms with E-state index in [-0.39, 0.29) is 18.5 Å². The van der Waals surface area contributed by atoms with Gasteiger partial charge in [0.05, 0.1) is 11.9 Å². The summed E-state index contributed by atoms with van der Waals surface area (Å²) in [4.78, 5) is 9.76. The van der Waals surface area contributed by atoms with Crippen LogP contribution in [-0.4, -0.2) is 18.1 Å². The second-order valence-corrected chi connectivity index (χ2v) is 5.67. The largest absolute Gasteiger partial charge is 0.491 e. The van der Waals surface area contributed by atoms with Gasteiger partial charge in [0.1, 0.15) is 12.4 Å². The minimum absolute atomic E-state index is 0.0531. The predicted octanol–water partition coefficient (Wildman–Crippen LogP) is 2.59. The third kappa shape index (κ3) is 4.21. The van der Waals surface area contributed by atoms with Crippen molar-refractivity contribution in [1.29, 1.82) is 0 Å². The molecule has 2 aromatic carbocycles. The van der Waals surface area contributed by atoms with Gasteiger partial charge in [-0.15, -0.1) is 0 Å². The summed E-state index contributed by atoms with van der Waals surface area (Å²) in [5.74, 6) is 0.707. The summed E-state index contributed by atoms with van der Waals surface area (Å²) < 4.78 is 22.3. The fraction of sp³-hybridized carbons (Fsp3) is 0.143. The van der Waals surface area contributed by atoms with Crippen molar-refractivity contribution in [3.63, 3.8) is 0 Å². The second kappa shape index (κ2) is 6.53. The molecule has 1 unspecified atom stereocenters. The van der Waals surface area contributed by atoms with Gasteiger partial charge in [-0.3, -0.25) is 4.57 Å². The monoisotopic (exact) mass is 278 g/mol. The number of ether oxygens (including phenoxy) is 1. The number of benzene rings is 2. The van der Waals surface area contributed by atoms with Crippen molar-refractivity contribution in [2.75, 3.05) is 13.2 Å². The third-order valence-electron chi connectivity index (χ3n) is 2.44. The fourth-order valence-electron chi connectivity index (χ4n) is 1.53. The van der Waals surface area contributed by atoms with Crippen molar-refractivity contribution in [1.82, 2.24) is 0 Å². The van der Waals surface area contributed by atoms with Crippen LogP contribution in [0.25, 0.3) is 0 Å². The van der Waals surface area contributed by atoms with Crippen LogP contribution >= 0.6 is 7.60 Å². The van der Waals surface area contributed by atoms with Crippen LogP contribution in [0.15, 0.2) is 60.7 Å². The first-order valence-corrected chi connectivity index (χ1v) is 7.47. The fourth-order valence-corrected chi connectivity index (χ4v) is 2.55. The summed E-state index contributed by atoms with van der Waals surface area (Å²) in [6, 6.07) is 17.5. The summed E-state index contributed by atoms with van der Waals surface area (Å²) in [5.41, 5.74) is 0. The lowest BCUT2D eigenvalue weighted by Crippen LogP contribution is -2.11. The molecule has 2 rings (SSSR count). The lowest BCUT2D eigenvalue weighted by atomic mass is 10.3. The quantitative estimate of drug-likeness (QED) is 0.652. The standard InChI is InChI=1S/C14H15O4P/c15-19(16,14-9-5-2-6-10-14)18-12-11-17-13-7-3-1-4-8-13/h1-10H,11-12H2,(H,15,16). The molecule has 0 saturated carbocycles. The molecular weight excluding hydrogens is 263 g/mol. The number of rotatable bonds is 6. The van der Waals surface area contributed by atoms with E-state index in [9.17, 15) is 9.46 Å². The van der Waals surface area contributed by atoms with E-state index >= 15 is 0 Å². The van der Waals surface area contributed by atoms with Crippen LogP contribution in [-0.2, 0) is 9.09 Å².